The van der Waals surface area contributed by atoms with E-state index in [2.05, 4.69) is 28.2 Å². The van der Waals surface area contributed by atoms with Gasteiger partial charge in [-0.1, -0.05) is 6.92 Å². The number of amides is 2. The van der Waals surface area contributed by atoms with E-state index in [1.807, 2.05) is 6.07 Å². The smallest absolute Gasteiger partial charge is 0.265 e. The first-order chi connectivity index (χ1) is 12.1. The Balaban J connectivity index is 1.65. The SMILES string of the molecule is CCc1sc(C(=O)Nc2ccc(C(=O)N3CCOCC3)cc2)cc1Br. The predicted octanol–water partition coefficient (Wildman–Crippen LogP) is 3.80. The third-order valence-electron chi connectivity index (χ3n) is 3.99. The van der Waals surface area contributed by atoms with Gasteiger partial charge in [-0.25, -0.2) is 0 Å². The lowest BCUT2D eigenvalue weighted by Crippen LogP contribution is -2.40. The fourth-order valence-corrected chi connectivity index (χ4v) is 4.39. The Morgan fingerprint density at radius 2 is 1.92 bits per heavy atom. The molecule has 1 aromatic heterocycles. The summed E-state index contributed by atoms with van der Waals surface area (Å²) in [4.78, 5) is 28.4. The average molecular weight is 423 g/mol. The quantitative estimate of drug-likeness (QED) is 0.814. The van der Waals surface area contributed by atoms with Gasteiger partial charge in [-0.3, -0.25) is 9.59 Å². The summed E-state index contributed by atoms with van der Waals surface area (Å²) in [5.41, 5.74) is 1.29. The molecule has 0 spiro atoms. The maximum absolute atomic E-state index is 12.4. The van der Waals surface area contributed by atoms with Crippen LogP contribution in [0.2, 0.25) is 0 Å². The molecule has 132 valence electrons. The predicted molar refractivity (Wildman–Crippen MR) is 103 cm³/mol. The van der Waals surface area contributed by atoms with Crippen LogP contribution in [0, 0.1) is 0 Å². The van der Waals surface area contributed by atoms with Gasteiger partial charge in [-0.2, -0.15) is 0 Å². The maximum Gasteiger partial charge on any atom is 0.265 e. The summed E-state index contributed by atoms with van der Waals surface area (Å²) in [6.45, 7) is 4.45. The number of morpholine rings is 1. The summed E-state index contributed by atoms with van der Waals surface area (Å²) >= 11 is 4.96. The molecule has 1 fully saturated rings. The lowest BCUT2D eigenvalue weighted by molar-refractivity contribution is 0.0303. The first-order valence-corrected chi connectivity index (χ1v) is 9.76. The highest BCUT2D eigenvalue weighted by Gasteiger charge is 2.18. The molecule has 2 heterocycles. The van der Waals surface area contributed by atoms with E-state index in [9.17, 15) is 9.59 Å². The molecule has 7 heteroatoms. The molecule has 2 aromatic rings. The molecule has 0 aliphatic carbocycles. The summed E-state index contributed by atoms with van der Waals surface area (Å²) in [5, 5.41) is 2.87. The van der Waals surface area contributed by atoms with E-state index in [1.165, 1.54) is 11.3 Å². The number of nitrogens with zero attached hydrogens (tertiary/aromatic N) is 1. The van der Waals surface area contributed by atoms with Crippen LogP contribution >= 0.6 is 27.3 Å². The highest BCUT2D eigenvalue weighted by atomic mass is 79.9. The molecular weight excluding hydrogens is 404 g/mol. The Kier molecular flexibility index (Phi) is 5.88. The van der Waals surface area contributed by atoms with Gasteiger partial charge in [-0.15, -0.1) is 11.3 Å². The van der Waals surface area contributed by atoms with Crippen LogP contribution in [0.25, 0.3) is 0 Å². The Morgan fingerprint density at radius 1 is 1.24 bits per heavy atom. The number of carbonyl (C=O) groups excluding carboxylic acids is 2. The molecule has 1 aliphatic heterocycles. The van der Waals surface area contributed by atoms with Gasteiger partial charge in [0.05, 0.1) is 18.1 Å². The van der Waals surface area contributed by atoms with Crippen LogP contribution < -0.4 is 5.32 Å². The third-order valence-corrected chi connectivity index (χ3v) is 6.24. The second kappa shape index (κ2) is 8.12. The number of carbonyl (C=O) groups is 2. The number of hydrogen-bond acceptors (Lipinski definition) is 4. The van der Waals surface area contributed by atoms with Crippen LogP contribution in [0.3, 0.4) is 0 Å². The summed E-state index contributed by atoms with van der Waals surface area (Å²) in [6, 6.07) is 8.85. The molecule has 0 saturated carbocycles. The summed E-state index contributed by atoms with van der Waals surface area (Å²) in [6.07, 6.45) is 0.886. The van der Waals surface area contributed by atoms with Crippen molar-refractivity contribution < 1.29 is 14.3 Å². The van der Waals surface area contributed by atoms with Gasteiger partial charge in [0.15, 0.2) is 0 Å². The van der Waals surface area contributed by atoms with Crippen molar-refractivity contribution in [1.29, 1.82) is 0 Å². The van der Waals surface area contributed by atoms with E-state index in [1.54, 1.807) is 29.2 Å². The molecule has 0 atom stereocenters. The van der Waals surface area contributed by atoms with Crippen LogP contribution in [0.4, 0.5) is 5.69 Å². The number of ether oxygens (including phenoxy) is 1. The molecular formula is C18H19BrN2O3S. The summed E-state index contributed by atoms with van der Waals surface area (Å²) < 4.78 is 6.23. The molecule has 0 bridgehead atoms. The number of thiophene rings is 1. The van der Waals surface area contributed by atoms with E-state index in [4.69, 9.17) is 4.74 Å². The van der Waals surface area contributed by atoms with Gasteiger partial charge < -0.3 is 15.0 Å². The molecule has 1 N–H and O–H groups in total. The van der Waals surface area contributed by atoms with E-state index in [0.29, 0.717) is 42.4 Å². The van der Waals surface area contributed by atoms with Crippen molar-refractivity contribution in [3.63, 3.8) is 0 Å². The zero-order chi connectivity index (χ0) is 17.8. The van der Waals surface area contributed by atoms with Gasteiger partial charge in [-0.05, 0) is 52.7 Å². The Morgan fingerprint density at radius 3 is 2.52 bits per heavy atom. The van der Waals surface area contributed by atoms with Crippen LogP contribution in [0.1, 0.15) is 31.8 Å². The number of hydrogen-bond donors (Lipinski definition) is 1. The largest absolute Gasteiger partial charge is 0.378 e. The molecule has 5 nitrogen and oxygen atoms in total. The highest BCUT2D eigenvalue weighted by Crippen LogP contribution is 2.28. The van der Waals surface area contributed by atoms with Crippen molar-refractivity contribution in [3.05, 3.63) is 50.1 Å². The number of halogens is 1. The Bertz CT molecular complexity index is 767. The van der Waals surface area contributed by atoms with Gasteiger partial charge in [0.25, 0.3) is 11.8 Å². The van der Waals surface area contributed by atoms with E-state index in [0.717, 1.165) is 15.8 Å². The summed E-state index contributed by atoms with van der Waals surface area (Å²) in [5.74, 6) is -0.145. The highest BCUT2D eigenvalue weighted by molar-refractivity contribution is 9.10. The molecule has 1 saturated heterocycles. The molecule has 3 rings (SSSR count). The first-order valence-electron chi connectivity index (χ1n) is 8.15. The molecule has 25 heavy (non-hydrogen) atoms. The monoisotopic (exact) mass is 422 g/mol. The minimum atomic E-state index is -0.141. The molecule has 0 radical (unpaired) electrons. The number of nitrogens with one attached hydrogen (secondary N) is 1. The lowest BCUT2D eigenvalue weighted by atomic mass is 10.1. The number of aryl methyl sites for hydroxylation is 1. The average Bonchev–Trinajstić information content (AvgIpc) is 3.03. The van der Waals surface area contributed by atoms with Crippen LogP contribution in [0.15, 0.2) is 34.8 Å². The van der Waals surface area contributed by atoms with Gasteiger partial charge >= 0.3 is 0 Å². The fraction of sp³-hybridized carbons (Fsp3) is 0.333. The van der Waals surface area contributed by atoms with E-state index in [-0.39, 0.29) is 11.8 Å². The van der Waals surface area contributed by atoms with Crippen LogP contribution in [-0.2, 0) is 11.2 Å². The second-order valence-corrected chi connectivity index (χ2v) is 7.66. The maximum atomic E-state index is 12.4. The van der Waals surface area contributed by atoms with E-state index < -0.39 is 0 Å². The zero-order valence-electron chi connectivity index (χ0n) is 13.9. The van der Waals surface area contributed by atoms with Gasteiger partial charge in [0.2, 0.25) is 0 Å². The number of benzene rings is 1. The topological polar surface area (TPSA) is 58.6 Å². The Labute approximate surface area is 159 Å². The molecule has 1 aromatic carbocycles. The lowest BCUT2D eigenvalue weighted by Gasteiger charge is -2.26. The normalized spacial score (nSPS) is 14.4. The Hall–Kier alpha value is -1.70. The summed E-state index contributed by atoms with van der Waals surface area (Å²) in [7, 11) is 0. The standard InChI is InChI=1S/C18H19BrN2O3S/c1-2-15-14(19)11-16(25-15)17(22)20-13-5-3-12(4-6-13)18(23)21-7-9-24-10-8-21/h3-6,11H,2,7-10H2,1H3,(H,20,22). The van der Waals surface area contributed by atoms with Crippen molar-refractivity contribution in [2.45, 2.75) is 13.3 Å². The van der Waals surface area contributed by atoms with Crippen molar-refractivity contribution >= 4 is 44.8 Å². The van der Waals surface area contributed by atoms with Crippen molar-refractivity contribution in [3.8, 4) is 0 Å². The molecule has 0 unspecified atom stereocenters. The minimum absolute atomic E-state index is 0.00375. The van der Waals surface area contributed by atoms with Gasteiger partial charge in [0, 0.05) is 33.7 Å². The first kappa shape index (κ1) is 18.1. The van der Waals surface area contributed by atoms with E-state index >= 15 is 0 Å². The van der Waals surface area contributed by atoms with Crippen LogP contribution in [0.5, 0.6) is 0 Å². The third kappa shape index (κ3) is 4.29. The second-order valence-electron chi connectivity index (χ2n) is 5.67. The zero-order valence-corrected chi connectivity index (χ0v) is 16.3. The number of anilines is 1. The van der Waals surface area contributed by atoms with Gasteiger partial charge in [0.1, 0.15) is 0 Å². The molecule has 1 aliphatic rings. The minimum Gasteiger partial charge on any atom is -0.378 e. The molecule has 2 amide bonds. The van der Waals surface area contributed by atoms with Crippen molar-refractivity contribution in [1.82, 2.24) is 4.90 Å². The number of rotatable bonds is 4. The fourth-order valence-electron chi connectivity index (χ4n) is 2.60. The van der Waals surface area contributed by atoms with Crippen molar-refractivity contribution in [2.75, 3.05) is 31.6 Å². The van der Waals surface area contributed by atoms with Crippen molar-refractivity contribution in [2.24, 2.45) is 0 Å². The van der Waals surface area contributed by atoms with Crippen LogP contribution in [-0.4, -0.2) is 43.0 Å².